The summed E-state index contributed by atoms with van der Waals surface area (Å²) in [5, 5.41) is 5.37. The average Bonchev–Trinajstić information content (AvgIpc) is 2.65. The molecule has 0 fully saturated rings. The highest BCUT2D eigenvalue weighted by Crippen LogP contribution is 2.15. The van der Waals surface area contributed by atoms with E-state index in [9.17, 15) is 9.59 Å². The molecule has 6 heteroatoms. The fourth-order valence-corrected chi connectivity index (χ4v) is 2.25. The van der Waals surface area contributed by atoms with Gasteiger partial charge < -0.3 is 20.3 Å². The third-order valence-electron chi connectivity index (χ3n) is 3.67. The minimum atomic E-state index is -0.253. The molecule has 2 amide bonds. The second-order valence-corrected chi connectivity index (χ2v) is 6.03. The first kappa shape index (κ1) is 19.3. The largest absolute Gasteiger partial charge is 0.494 e. The van der Waals surface area contributed by atoms with Gasteiger partial charge in [0.25, 0.3) is 0 Å². The Morgan fingerprint density at radius 2 is 1.65 bits per heavy atom. The lowest BCUT2D eigenvalue weighted by Gasteiger charge is -2.13. The van der Waals surface area contributed by atoms with Crippen LogP contribution in [0.4, 0.5) is 11.4 Å². The topological polar surface area (TPSA) is 70.7 Å². The molecule has 26 heavy (non-hydrogen) atoms. The lowest BCUT2D eigenvalue weighted by atomic mass is 10.2. The summed E-state index contributed by atoms with van der Waals surface area (Å²) in [6.07, 6.45) is 0.909. The number of nitrogens with zero attached hydrogens (tertiary/aromatic N) is 1. The molecule has 0 aliphatic carbocycles. The monoisotopic (exact) mass is 355 g/mol. The van der Waals surface area contributed by atoms with Crippen LogP contribution in [0.25, 0.3) is 0 Å². The van der Waals surface area contributed by atoms with Crippen molar-refractivity contribution in [3.8, 4) is 5.75 Å². The molecule has 2 aromatic rings. The van der Waals surface area contributed by atoms with Gasteiger partial charge in [-0.25, -0.2) is 0 Å². The van der Waals surface area contributed by atoms with Crippen molar-refractivity contribution in [2.45, 2.75) is 12.8 Å². The third-order valence-corrected chi connectivity index (χ3v) is 3.67. The predicted octanol–water partition coefficient (Wildman–Crippen LogP) is 2.67. The van der Waals surface area contributed by atoms with E-state index >= 15 is 0 Å². The van der Waals surface area contributed by atoms with Gasteiger partial charge in [0.1, 0.15) is 5.75 Å². The minimum Gasteiger partial charge on any atom is -0.494 e. The zero-order valence-corrected chi connectivity index (χ0v) is 15.2. The van der Waals surface area contributed by atoms with Gasteiger partial charge in [0.2, 0.25) is 11.8 Å². The molecule has 2 aromatic carbocycles. The van der Waals surface area contributed by atoms with E-state index in [1.165, 1.54) is 0 Å². The van der Waals surface area contributed by atoms with Crippen molar-refractivity contribution < 1.29 is 14.3 Å². The number of rotatable bonds is 9. The van der Waals surface area contributed by atoms with Gasteiger partial charge in [-0.3, -0.25) is 9.59 Å². The molecule has 0 heterocycles. The van der Waals surface area contributed by atoms with Crippen LogP contribution in [0.5, 0.6) is 5.75 Å². The van der Waals surface area contributed by atoms with Crippen molar-refractivity contribution in [2.75, 3.05) is 37.5 Å². The number of para-hydroxylation sites is 1. The van der Waals surface area contributed by atoms with Gasteiger partial charge in [0.05, 0.1) is 13.2 Å². The first-order valence-electron chi connectivity index (χ1n) is 8.56. The number of hydrogen-bond acceptors (Lipinski definition) is 4. The van der Waals surface area contributed by atoms with E-state index in [0.29, 0.717) is 25.1 Å². The summed E-state index contributed by atoms with van der Waals surface area (Å²) >= 11 is 0. The Labute approximate surface area is 154 Å². The Hall–Kier alpha value is -3.02. The molecule has 2 rings (SSSR count). The SMILES string of the molecule is CN(C)c1ccc(NC(=O)CNC(=O)CCCOc2ccccc2)cc1. The summed E-state index contributed by atoms with van der Waals surface area (Å²) in [6, 6.07) is 16.9. The number of carbonyl (C=O) groups excluding carboxylic acids is 2. The molecule has 0 aliphatic heterocycles. The molecule has 0 unspecified atom stereocenters. The summed E-state index contributed by atoms with van der Waals surface area (Å²) in [5.41, 5.74) is 1.75. The fraction of sp³-hybridized carbons (Fsp3) is 0.300. The molecule has 0 bridgehead atoms. The standard InChI is InChI=1S/C20H25N3O3/c1-23(2)17-12-10-16(11-13-17)22-20(25)15-21-19(24)9-6-14-26-18-7-4-3-5-8-18/h3-5,7-8,10-13H,6,9,14-15H2,1-2H3,(H,21,24)(H,22,25). The first-order chi connectivity index (χ1) is 12.5. The van der Waals surface area contributed by atoms with Gasteiger partial charge in [-0.1, -0.05) is 18.2 Å². The molecule has 0 saturated carbocycles. The summed E-state index contributed by atoms with van der Waals surface area (Å²) < 4.78 is 5.52. The van der Waals surface area contributed by atoms with Gasteiger partial charge in [0.15, 0.2) is 0 Å². The van der Waals surface area contributed by atoms with Crippen LogP contribution in [-0.2, 0) is 9.59 Å². The highest BCUT2D eigenvalue weighted by molar-refractivity contribution is 5.94. The molecular formula is C20H25N3O3. The second kappa shape index (κ2) is 10.1. The number of anilines is 2. The minimum absolute atomic E-state index is 0.0478. The van der Waals surface area contributed by atoms with E-state index in [2.05, 4.69) is 10.6 Å². The van der Waals surface area contributed by atoms with Gasteiger partial charge in [-0.05, 0) is 42.8 Å². The first-order valence-corrected chi connectivity index (χ1v) is 8.56. The van der Waals surface area contributed by atoms with Crippen LogP contribution in [0.2, 0.25) is 0 Å². The van der Waals surface area contributed by atoms with Crippen LogP contribution in [0.1, 0.15) is 12.8 Å². The van der Waals surface area contributed by atoms with E-state index in [1.807, 2.05) is 73.6 Å². The van der Waals surface area contributed by atoms with Crippen molar-refractivity contribution in [3.63, 3.8) is 0 Å². The van der Waals surface area contributed by atoms with E-state index in [1.54, 1.807) is 0 Å². The van der Waals surface area contributed by atoms with Crippen molar-refractivity contribution in [1.29, 1.82) is 0 Å². The summed E-state index contributed by atoms with van der Waals surface area (Å²) in [6.45, 7) is 0.412. The van der Waals surface area contributed by atoms with Crippen LogP contribution in [0.15, 0.2) is 54.6 Å². The van der Waals surface area contributed by atoms with Gasteiger partial charge in [-0.15, -0.1) is 0 Å². The maximum Gasteiger partial charge on any atom is 0.243 e. The molecule has 138 valence electrons. The van der Waals surface area contributed by atoms with Crippen LogP contribution in [0, 0.1) is 0 Å². The van der Waals surface area contributed by atoms with Crippen molar-refractivity contribution in [3.05, 3.63) is 54.6 Å². The number of ether oxygens (including phenoxy) is 1. The molecular weight excluding hydrogens is 330 g/mol. The van der Waals surface area contributed by atoms with E-state index in [4.69, 9.17) is 4.74 Å². The maximum atomic E-state index is 11.9. The van der Waals surface area contributed by atoms with Crippen molar-refractivity contribution >= 4 is 23.2 Å². The van der Waals surface area contributed by atoms with Crippen LogP contribution in [-0.4, -0.2) is 39.1 Å². The van der Waals surface area contributed by atoms with Gasteiger partial charge in [0, 0.05) is 31.9 Å². The van der Waals surface area contributed by atoms with Crippen molar-refractivity contribution in [1.82, 2.24) is 5.32 Å². The molecule has 0 aliphatic rings. The van der Waals surface area contributed by atoms with Crippen LogP contribution in [0.3, 0.4) is 0 Å². The van der Waals surface area contributed by atoms with E-state index < -0.39 is 0 Å². The highest BCUT2D eigenvalue weighted by Gasteiger charge is 2.06. The van der Waals surface area contributed by atoms with Crippen LogP contribution < -0.4 is 20.3 Å². The van der Waals surface area contributed by atoms with Gasteiger partial charge >= 0.3 is 0 Å². The molecule has 6 nitrogen and oxygen atoms in total. The Morgan fingerprint density at radius 3 is 2.31 bits per heavy atom. The number of hydrogen-bond donors (Lipinski definition) is 2. The van der Waals surface area contributed by atoms with Crippen LogP contribution >= 0.6 is 0 Å². The maximum absolute atomic E-state index is 11.9. The van der Waals surface area contributed by atoms with Crippen molar-refractivity contribution in [2.24, 2.45) is 0 Å². The Balaban J connectivity index is 1.61. The fourth-order valence-electron chi connectivity index (χ4n) is 2.25. The zero-order valence-electron chi connectivity index (χ0n) is 15.2. The smallest absolute Gasteiger partial charge is 0.243 e. The molecule has 0 atom stereocenters. The normalized spacial score (nSPS) is 10.1. The lowest BCUT2D eigenvalue weighted by Crippen LogP contribution is -2.32. The number of benzene rings is 2. The summed E-state index contributed by atoms with van der Waals surface area (Å²) in [4.78, 5) is 25.6. The second-order valence-electron chi connectivity index (χ2n) is 6.03. The summed E-state index contributed by atoms with van der Waals surface area (Å²) in [5.74, 6) is 0.365. The highest BCUT2D eigenvalue weighted by atomic mass is 16.5. The molecule has 0 spiro atoms. The molecule has 0 saturated heterocycles. The predicted molar refractivity (Wildman–Crippen MR) is 104 cm³/mol. The van der Waals surface area contributed by atoms with Gasteiger partial charge in [-0.2, -0.15) is 0 Å². The third kappa shape index (κ3) is 6.84. The lowest BCUT2D eigenvalue weighted by molar-refractivity contribution is -0.124. The Bertz CT molecular complexity index is 700. The number of carbonyl (C=O) groups is 2. The van der Waals surface area contributed by atoms with E-state index in [0.717, 1.165) is 11.4 Å². The number of nitrogens with one attached hydrogen (secondary N) is 2. The Morgan fingerprint density at radius 1 is 0.962 bits per heavy atom. The molecule has 2 N–H and O–H groups in total. The van der Waals surface area contributed by atoms with E-state index in [-0.39, 0.29) is 18.4 Å². The zero-order chi connectivity index (χ0) is 18.8. The average molecular weight is 355 g/mol. The molecule has 0 aromatic heterocycles. The quantitative estimate of drug-likeness (QED) is 0.679. The molecule has 0 radical (unpaired) electrons. The Kier molecular flexibility index (Phi) is 7.49. The summed E-state index contributed by atoms with van der Waals surface area (Å²) in [7, 11) is 3.90. The number of amides is 2.